The van der Waals surface area contributed by atoms with E-state index in [0.717, 1.165) is 14.8 Å². The molecule has 0 N–H and O–H groups in total. The lowest BCUT2D eigenvalue weighted by molar-refractivity contribution is -0.152. The molecule has 0 amide bonds. The Kier molecular flexibility index (Phi) is 8.52. The number of hydrogen-bond acceptors (Lipinski definition) is 3. The molecule has 0 heterocycles. The smallest absolute Gasteiger partial charge is 0.420 e. The summed E-state index contributed by atoms with van der Waals surface area (Å²) in [5.41, 5.74) is 9.86. The van der Waals surface area contributed by atoms with Crippen LogP contribution in [0.2, 0.25) is 5.04 Å². The molecule has 1 unspecified atom stereocenters. The summed E-state index contributed by atoms with van der Waals surface area (Å²) in [7, 11) is -3.12. The maximum atomic E-state index is 13.3. The van der Waals surface area contributed by atoms with Crippen LogP contribution in [0.15, 0.2) is 89.4 Å². The van der Waals surface area contributed by atoms with Gasteiger partial charge in [-0.05, 0) is 42.2 Å². The molecule has 1 atom stereocenters. The van der Waals surface area contributed by atoms with Gasteiger partial charge in [0.2, 0.25) is 0 Å². The van der Waals surface area contributed by atoms with Gasteiger partial charge in [0.25, 0.3) is 8.32 Å². The number of esters is 1. The van der Waals surface area contributed by atoms with Crippen molar-refractivity contribution in [1.82, 2.24) is 0 Å². The Morgan fingerprint density at radius 1 is 0.833 bits per heavy atom. The lowest BCUT2D eigenvalue weighted by atomic mass is 10.0. The lowest BCUT2D eigenvalue weighted by Gasteiger charge is -2.44. The second-order valence-corrected chi connectivity index (χ2v) is 15.8. The van der Waals surface area contributed by atoms with Gasteiger partial charge in [-0.1, -0.05) is 116 Å². The van der Waals surface area contributed by atoms with Crippen molar-refractivity contribution in [2.24, 2.45) is 0 Å². The van der Waals surface area contributed by atoms with E-state index in [2.05, 4.69) is 65.8 Å². The van der Waals surface area contributed by atoms with Crippen molar-refractivity contribution in [3.8, 4) is 0 Å². The zero-order valence-corrected chi connectivity index (χ0v) is 24.2. The van der Waals surface area contributed by atoms with E-state index in [1.807, 2.05) is 60.7 Å². The summed E-state index contributed by atoms with van der Waals surface area (Å²) < 4.78 is 13.6. The second kappa shape index (κ2) is 11.1. The van der Waals surface area contributed by atoms with Crippen LogP contribution in [0.4, 0.5) is 0 Å². The molecule has 3 rings (SSSR count). The van der Waals surface area contributed by atoms with E-state index < -0.39 is 26.0 Å². The zero-order valence-electron chi connectivity index (χ0n) is 21.7. The fourth-order valence-electron chi connectivity index (χ4n) is 4.35. The number of carbonyl (C=O) groups excluding carboxylic acids is 1. The molecule has 0 aliphatic heterocycles. The van der Waals surface area contributed by atoms with Crippen LogP contribution in [0.25, 0.3) is 5.53 Å². The maximum Gasteiger partial charge on any atom is 0.420 e. The van der Waals surface area contributed by atoms with E-state index in [0.29, 0.717) is 5.56 Å². The Bertz CT molecular complexity index is 1210. The van der Waals surface area contributed by atoms with Crippen molar-refractivity contribution in [2.75, 3.05) is 0 Å². The Balaban J connectivity index is 2.33. The summed E-state index contributed by atoms with van der Waals surface area (Å²) in [4.78, 5) is 16.8. The monoisotopic (exact) mass is 564 g/mol. The molecule has 0 bridgehead atoms. The van der Waals surface area contributed by atoms with Gasteiger partial charge in [0, 0.05) is 10.0 Å². The van der Waals surface area contributed by atoms with Crippen molar-refractivity contribution in [1.29, 1.82) is 0 Å². The average molecular weight is 566 g/mol. The molecule has 0 spiro atoms. The van der Waals surface area contributed by atoms with E-state index in [4.69, 9.17) is 9.16 Å². The minimum Gasteiger partial charge on any atom is -0.451 e. The van der Waals surface area contributed by atoms with Gasteiger partial charge in [-0.25, -0.2) is 4.79 Å². The normalized spacial score (nSPS) is 13.0. The van der Waals surface area contributed by atoms with Gasteiger partial charge >= 0.3 is 11.7 Å². The van der Waals surface area contributed by atoms with Crippen LogP contribution >= 0.6 is 15.9 Å². The predicted octanol–water partition coefficient (Wildman–Crippen LogP) is 6.08. The summed E-state index contributed by atoms with van der Waals surface area (Å²) in [5.74, 6) is -0.733. The largest absolute Gasteiger partial charge is 0.451 e. The van der Waals surface area contributed by atoms with Crippen molar-refractivity contribution in [3.63, 3.8) is 0 Å². The van der Waals surface area contributed by atoms with E-state index in [1.54, 1.807) is 20.8 Å². The Hall–Kier alpha value is -2.83. The molecule has 0 fully saturated rings. The number of nitrogens with zero attached hydrogens (tertiary/aromatic N) is 2. The molecule has 3 aromatic carbocycles. The molecule has 0 aliphatic rings. The van der Waals surface area contributed by atoms with Gasteiger partial charge in [-0.15, -0.1) is 0 Å². The number of rotatable bonds is 7. The topological polar surface area (TPSA) is 71.9 Å². The maximum absolute atomic E-state index is 13.3. The average Bonchev–Trinajstić information content (AvgIpc) is 2.81. The highest BCUT2D eigenvalue weighted by Gasteiger charge is 2.54. The van der Waals surface area contributed by atoms with Gasteiger partial charge in [-0.2, -0.15) is 4.79 Å². The summed E-state index contributed by atoms with van der Waals surface area (Å²) >= 11 is 3.62. The first-order chi connectivity index (χ1) is 16.9. The summed E-state index contributed by atoms with van der Waals surface area (Å²) in [6.07, 6.45) is -0.994. The van der Waals surface area contributed by atoms with Crippen molar-refractivity contribution >= 4 is 46.3 Å². The molecule has 188 valence electrons. The minimum absolute atomic E-state index is 0.204. The van der Waals surface area contributed by atoms with Gasteiger partial charge in [0.15, 0.2) is 6.10 Å². The van der Waals surface area contributed by atoms with E-state index in [-0.39, 0.29) is 10.7 Å². The van der Waals surface area contributed by atoms with Crippen LogP contribution in [-0.4, -0.2) is 30.4 Å². The van der Waals surface area contributed by atoms with Crippen LogP contribution in [0, 0.1) is 0 Å². The third-order valence-electron chi connectivity index (χ3n) is 5.86. The first kappa shape index (κ1) is 27.7. The molecule has 3 aromatic rings. The number of benzene rings is 3. The minimum atomic E-state index is -3.12. The molecule has 0 radical (unpaired) electrons. The highest BCUT2D eigenvalue weighted by molar-refractivity contribution is 9.10. The number of carbonyl (C=O) groups is 1. The molecule has 5 nitrogen and oxygen atoms in total. The highest BCUT2D eigenvalue weighted by Crippen LogP contribution is 2.41. The number of ether oxygens (including phenoxy) is 1. The van der Waals surface area contributed by atoms with Crippen LogP contribution in [0.3, 0.4) is 0 Å². The third-order valence-corrected chi connectivity index (χ3v) is 11.6. The number of hydrogen-bond donors (Lipinski definition) is 0. The molecule has 0 aliphatic carbocycles. The van der Waals surface area contributed by atoms with E-state index >= 15 is 0 Å². The fraction of sp³-hybridized carbons (Fsp3) is 0.310. The summed E-state index contributed by atoms with van der Waals surface area (Å²) in [5, 5.41) is 1.73. The van der Waals surface area contributed by atoms with Gasteiger partial charge in [0.05, 0.1) is 0 Å². The third kappa shape index (κ3) is 5.93. The van der Waals surface area contributed by atoms with Crippen LogP contribution in [-0.2, 0) is 14.0 Å². The first-order valence-corrected chi connectivity index (χ1v) is 14.6. The summed E-state index contributed by atoms with van der Waals surface area (Å²) in [6, 6.07) is 27.7. The molecule has 0 saturated heterocycles. The van der Waals surface area contributed by atoms with Crippen LogP contribution in [0.1, 0.15) is 53.2 Å². The van der Waals surface area contributed by atoms with E-state index in [9.17, 15) is 10.3 Å². The molecule has 0 saturated carbocycles. The van der Waals surface area contributed by atoms with Crippen molar-refractivity contribution < 1.29 is 18.7 Å². The van der Waals surface area contributed by atoms with Gasteiger partial charge in [-0.3, -0.25) is 0 Å². The quantitative estimate of drug-likeness (QED) is 0.115. The molecular weight excluding hydrogens is 532 g/mol. The van der Waals surface area contributed by atoms with Crippen LogP contribution < -0.4 is 10.4 Å². The second-order valence-electron chi connectivity index (χ2n) is 10.7. The predicted molar refractivity (Wildman–Crippen MR) is 150 cm³/mol. The standard InChI is InChI=1S/C29H33BrN2O3Si/c1-28(2,3)34-27(33)25(32-31)26(23-19-13-14-20-24(23)30)35-36(29(4,5)6,21-15-9-7-10-16-21)22-17-11-8-12-18-22/h7-20,26H,1-6H3. The molecular formula is C29H33BrN2O3Si. The molecule has 7 heteroatoms. The Morgan fingerprint density at radius 3 is 1.72 bits per heavy atom. The summed E-state index contributed by atoms with van der Waals surface area (Å²) in [6.45, 7) is 11.8. The SMILES string of the molecule is CC(C)(C)OC(=O)C(=[N+]=[N-])C(O[Si](c1ccccc1)(c1ccccc1)C(C)(C)C)c1ccccc1Br. The number of halogens is 1. The van der Waals surface area contributed by atoms with Crippen molar-refractivity contribution in [2.45, 2.75) is 58.3 Å². The van der Waals surface area contributed by atoms with Crippen LogP contribution in [0.5, 0.6) is 0 Å². The van der Waals surface area contributed by atoms with E-state index in [1.165, 1.54) is 0 Å². The Labute approximate surface area is 223 Å². The molecule has 0 aromatic heterocycles. The highest BCUT2D eigenvalue weighted by atomic mass is 79.9. The lowest BCUT2D eigenvalue weighted by Crippen LogP contribution is -2.67. The fourth-order valence-corrected chi connectivity index (χ4v) is 9.45. The van der Waals surface area contributed by atoms with Gasteiger partial charge < -0.3 is 14.7 Å². The van der Waals surface area contributed by atoms with Crippen molar-refractivity contribution in [3.05, 3.63) is 100 Å². The first-order valence-electron chi connectivity index (χ1n) is 11.9. The van der Waals surface area contributed by atoms with Gasteiger partial charge in [0.1, 0.15) is 5.60 Å². The molecule has 36 heavy (non-hydrogen) atoms. The Morgan fingerprint density at radius 2 is 1.31 bits per heavy atom. The zero-order chi connectivity index (χ0) is 26.6.